The Bertz CT molecular complexity index is 766. The second kappa shape index (κ2) is 9.64. The average molecular weight is 410 g/mol. The van der Waals surface area contributed by atoms with E-state index in [9.17, 15) is 4.79 Å². The first-order valence-corrected chi connectivity index (χ1v) is 11.3. The van der Waals surface area contributed by atoms with Crippen LogP contribution >= 0.6 is 35.3 Å². The van der Waals surface area contributed by atoms with Crippen molar-refractivity contribution in [3.05, 3.63) is 34.3 Å². The SMILES string of the molecule is CCCSc1nn(C[NH+]2CCC(C(=O)Nc3ccccc3)CC2)c(=S)s1. The average Bonchev–Trinajstić information content (AvgIpc) is 3.01. The topological polar surface area (TPSA) is 51.4 Å². The first-order chi connectivity index (χ1) is 12.7. The predicted molar refractivity (Wildman–Crippen MR) is 110 cm³/mol. The molecule has 2 aromatic rings. The molecule has 0 bridgehead atoms. The van der Waals surface area contributed by atoms with Crippen LogP contribution < -0.4 is 10.2 Å². The summed E-state index contributed by atoms with van der Waals surface area (Å²) in [7, 11) is 0. The van der Waals surface area contributed by atoms with Gasteiger partial charge in [-0.25, -0.2) is 0 Å². The third-order valence-corrected chi connectivity index (χ3v) is 7.14. The van der Waals surface area contributed by atoms with Gasteiger partial charge in [0.15, 0.2) is 15.0 Å². The van der Waals surface area contributed by atoms with Gasteiger partial charge in [0.2, 0.25) is 5.91 Å². The molecule has 1 aliphatic heterocycles. The summed E-state index contributed by atoms with van der Waals surface area (Å²) < 4.78 is 3.87. The summed E-state index contributed by atoms with van der Waals surface area (Å²) in [6, 6.07) is 9.68. The van der Waals surface area contributed by atoms with E-state index in [0.29, 0.717) is 0 Å². The third kappa shape index (κ3) is 5.39. The Morgan fingerprint density at radius 3 is 2.81 bits per heavy atom. The van der Waals surface area contributed by atoms with Crippen molar-refractivity contribution in [3.63, 3.8) is 0 Å². The number of rotatable bonds is 7. The van der Waals surface area contributed by atoms with Crippen LogP contribution in [-0.2, 0) is 11.5 Å². The molecular weight excluding hydrogens is 384 g/mol. The largest absolute Gasteiger partial charge is 0.326 e. The van der Waals surface area contributed by atoms with E-state index in [1.165, 1.54) is 4.90 Å². The van der Waals surface area contributed by atoms with Gasteiger partial charge >= 0.3 is 0 Å². The molecule has 1 aromatic heterocycles. The van der Waals surface area contributed by atoms with Crippen LogP contribution in [0.25, 0.3) is 0 Å². The van der Waals surface area contributed by atoms with Gasteiger partial charge in [-0.2, -0.15) is 4.68 Å². The summed E-state index contributed by atoms with van der Waals surface area (Å²) in [5, 5.41) is 7.67. The van der Waals surface area contributed by atoms with Crippen LogP contribution in [-0.4, -0.2) is 34.5 Å². The lowest BCUT2D eigenvalue weighted by molar-refractivity contribution is -0.928. The minimum absolute atomic E-state index is 0.0954. The second-order valence-electron chi connectivity index (χ2n) is 6.52. The smallest absolute Gasteiger partial charge is 0.227 e. The maximum absolute atomic E-state index is 12.4. The molecule has 1 fully saturated rings. The molecule has 1 amide bonds. The van der Waals surface area contributed by atoms with Crippen molar-refractivity contribution in [3.8, 4) is 0 Å². The fourth-order valence-corrected chi connectivity index (χ4v) is 5.32. The van der Waals surface area contributed by atoms with E-state index in [1.807, 2.05) is 35.0 Å². The number of likely N-dealkylation sites (tertiary alicyclic amines) is 1. The number of carbonyl (C=O) groups is 1. The summed E-state index contributed by atoms with van der Waals surface area (Å²) in [5.74, 6) is 1.31. The normalized spacial score (nSPS) is 20.0. The monoisotopic (exact) mass is 409 g/mol. The number of hydrogen-bond donors (Lipinski definition) is 2. The fraction of sp³-hybridized carbons (Fsp3) is 0.500. The molecule has 5 nitrogen and oxygen atoms in total. The molecule has 26 heavy (non-hydrogen) atoms. The Kier molecular flexibility index (Phi) is 7.24. The highest BCUT2D eigenvalue weighted by Gasteiger charge is 2.28. The third-order valence-electron chi connectivity index (χ3n) is 4.50. The summed E-state index contributed by atoms with van der Waals surface area (Å²) in [5.41, 5.74) is 0.873. The number of nitrogens with zero attached hydrogens (tertiary/aromatic N) is 2. The second-order valence-corrected chi connectivity index (χ2v) is 9.48. The Balaban J connectivity index is 1.48. The minimum atomic E-state index is 0.0954. The van der Waals surface area contributed by atoms with Gasteiger partial charge in [0.05, 0.1) is 13.1 Å². The lowest BCUT2D eigenvalue weighted by Crippen LogP contribution is -3.12. The molecule has 0 spiro atoms. The van der Waals surface area contributed by atoms with Crippen LogP contribution in [0.5, 0.6) is 0 Å². The molecule has 0 saturated carbocycles. The van der Waals surface area contributed by atoms with Gasteiger partial charge in [0, 0.05) is 30.2 Å². The van der Waals surface area contributed by atoms with Crippen molar-refractivity contribution in [1.82, 2.24) is 9.78 Å². The van der Waals surface area contributed by atoms with Gasteiger partial charge in [0.1, 0.15) is 0 Å². The fourth-order valence-electron chi connectivity index (χ4n) is 3.06. The first-order valence-electron chi connectivity index (χ1n) is 9.06. The number of aromatic nitrogens is 2. The minimum Gasteiger partial charge on any atom is -0.326 e. The van der Waals surface area contributed by atoms with Crippen LogP contribution in [0.4, 0.5) is 5.69 Å². The highest BCUT2D eigenvalue weighted by atomic mass is 32.2. The van der Waals surface area contributed by atoms with Gasteiger partial charge < -0.3 is 10.2 Å². The predicted octanol–water partition coefficient (Wildman–Crippen LogP) is 3.07. The molecule has 1 aliphatic rings. The molecule has 0 unspecified atom stereocenters. The van der Waals surface area contributed by atoms with Gasteiger partial charge in [-0.05, 0) is 30.8 Å². The Morgan fingerprint density at radius 1 is 1.38 bits per heavy atom. The molecular formula is C18H25N4OS3+. The number of benzene rings is 1. The van der Waals surface area contributed by atoms with Crippen molar-refractivity contribution >= 4 is 46.9 Å². The maximum atomic E-state index is 12.4. The molecule has 0 radical (unpaired) electrons. The standard InChI is InChI=1S/C18H24N4OS3/c1-2-12-25-17-20-22(18(24)26-17)13-21-10-8-14(9-11-21)16(23)19-15-6-4-3-5-7-15/h3-7,14H,2,8-13H2,1H3,(H,19,23)/p+1. The zero-order valence-electron chi connectivity index (χ0n) is 14.9. The van der Waals surface area contributed by atoms with Crippen LogP contribution in [0.3, 0.4) is 0 Å². The van der Waals surface area contributed by atoms with Crippen molar-refractivity contribution in [2.75, 3.05) is 24.2 Å². The number of anilines is 1. The number of carbonyl (C=O) groups excluding carboxylic acids is 1. The van der Waals surface area contributed by atoms with Crippen molar-refractivity contribution in [2.24, 2.45) is 5.92 Å². The number of nitrogens with one attached hydrogen (secondary N) is 2. The van der Waals surface area contributed by atoms with Gasteiger partial charge in [-0.1, -0.05) is 48.2 Å². The highest BCUT2D eigenvalue weighted by Crippen LogP contribution is 2.22. The van der Waals surface area contributed by atoms with Crippen molar-refractivity contribution in [2.45, 2.75) is 37.2 Å². The number of para-hydroxylation sites is 1. The number of thioether (sulfide) groups is 1. The molecule has 140 valence electrons. The van der Waals surface area contributed by atoms with E-state index in [4.69, 9.17) is 12.2 Å². The lowest BCUT2D eigenvalue weighted by atomic mass is 9.96. The molecule has 0 atom stereocenters. The number of quaternary nitrogens is 1. The highest BCUT2D eigenvalue weighted by molar-refractivity contribution is 8.01. The van der Waals surface area contributed by atoms with E-state index < -0.39 is 0 Å². The van der Waals surface area contributed by atoms with Gasteiger partial charge in [-0.15, -0.1) is 5.10 Å². The van der Waals surface area contributed by atoms with E-state index in [-0.39, 0.29) is 11.8 Å². The summed E-state index contributed by atoms with van der Waals surface area (Å²) >= 11 is 8.84. The zero-order valence-corrected chi connectivity index (χ0v) is 17.4. The van der Waals surface area contributed by atoms with Gasteiger partial charge in [-0.3, -0.25) is 4.79 Å². The van der Waals surface area contributed by atoms with Crippen LogP contribution in [0, 0.1) is 9.87 Å². The van der Waals surface area contributed by atoms with Crippen LogP contribution in [0.1, 0.15) is 26.2 Å². The molecule has 3 rings (SSSR count). The van der Waals surface area contributed by atoms with E-state index >= 15 is 0 Å². The molecule has 0 aliphatic carbocycles. The lowest BCUT2D eigenvalue weighted by Gasteiger charge is -2.28. The van der Waals surface area contributed by atoms with Gasteiger partial charge in [0.25, 0.3) is 0 Å². The zero-order chi connectivity index (χ0) is 18.4. The molecule has 1 saturated heterocycles. The summed E-state index contributed by atoms with van der Waals surface area (Å²) in [6.07, 6.45) is 2.95. The first kappa shape index (κ1) is 19.5. The van der Waals surface area contributed by atoms with E-state index in [2.05, 4.69) is 17.3 Å². The molecule has 2 heterocycles. The summed E-state index contributed by atoms with van der Waals surface area (Å²) in [6.45, 7) is 4.92. The van der Waals surface area contributed by atoms with E-state index in [1.54, 1.807) is 23.1 Å². The molecule has 2 N–H and O–H groups in total. The van der Waals surface area contributed by atoms with Crippen molar-refractivity contribution in [1.29, 1.82) is 0 Å². The summed E-state index contributed by atoms with van der Waals surface area (Å²) in [4.78, 5) is 13.9. The maximum Gasteiger partial charge on any atom is 0.227 e. The number of hydrogen-bond acceptors (Lipinski definition) is 5. The van der Waals surface area contributed by atoms with Crippen molar-refractivity contribution < 1.29 is 9.69 Å². The van der Waals surface area contributed by atoms with Crippen LogP contribution in [0.2, 0.25) is 0 Å². The Hall–Kier alpha value is -1.22. The van der Waals surface area contributed by atoms with E-state index in [0.717, 1.165) is 58.8 Å². The Morgan fingerprint density at radius 2 is 2.12 bits per heavy atom. The number of amides is 1. The number of piperidine rings is 1. The Labute approximate surface area is 167 Å². The quantitative estimate of drug-likeness (QED) is 0.545. The van der Waals surface area contributed by atoms with Crippen LogP contribution in [0.15, 0.2) is 34.7 Å². The molecule has 1 aromatic carbocycles. The molecule has 8 heteroatoms.